The van der Waals surface area contributed by atoms with Gasteiger partial charge in [0.1, 0.15) is 0 Å². The van der Waals surface area contributed by atoms with Gasteiger partial charge in [-0.2, -0.15) is 0 Å². The van der Waals surface area contributed by atoms with Crippen molar-refractivity contribution in [2.45, 2.75) is 12.2 Å². The quantitative estimate of drug-likeness (QED) is 0.688. The van der Waals surface area contributed by atoms with E-state index in [2.05, 4.69) is 12.1 Å². The Bertz CT molecular complexity index is 292. The lowest BCUT2D eigenvalue weighted by Gasteiger charge is -2.16. The van der Waals surface area contributed by atoms with Gasteiger partial charge < -0.3 is 9.47 Å². The fourth-order valence-corrected chi connectivity index (χ4v) is 1.53. The summed E-state index contributed by atoms with van der Waals surface area (Å²) in [6.07, 6.45) is 3.55. The van der Waals surface area contributed by atoms with E-state index < -0.39 is 0 Å². The molecular weight excluding hydrogens is 164 g/mol. The summed E-state index contributed by atoms with van der Waals surface area (Å²) >= 11 is 0. The Labute approximate surface area is 77.8 Å². The number of methoxy groups -OCH3 is 1. The molecule has 0 fully saturated rings. The third-order valence-electron chi connectivity index (χ3n) is 2.21. The van der Waals surface area contributed by atoms with Gasteiger partial charge in [-0.3, -0.25) is 0 Å². The van der Waals surface area contributed by atoms with Crippen LogP contribution < -0.4 is 0 Å². The number of hydrogen-bond donors (Lipinski definition) is 0. The predicted molar refractivity (Wildman–Crippen MR) is 50.2 cm³/mol. The van der Waals surface area contributed by atoms with Crippen molar-refractivity contribution in [2.75, 3.05) is 7.11 Å². The Kier molecular flexibility index (Phi) is 2.32. The molecule has 2 atom stereocenters. The van der Waals surface area contributed by atoms with Gasteiger partial charge in [0.05, 0.1) is 12.2 Å². The van der Waals surface area contributed by atoms with Gasteiger partial charge in [0.2, 0.25) is 6.29 Å². The molecule has 0 saturated carbocycles. The van der Waals surface area contributed by atoms with E-state index in [0.29, 0.717) is 0 Å². The molecule has 2 heteroatoms. The third-order valence-corrected chi connectivity index (χ3v) is 2.21. The fraction of sp³-hybridized carbons (Fsp3) is 0.273. The van der Waals surface area contributed by atoms with Crippen LogP contribution in [0.1, 0.15) is 11.5 Å². The zero-order chi connectivity index (χ0) is 9.10. The van der Waals surface area contributed by atoms with E-state index in [9.17, 15) is 0 Å². The highest BCUT2D eigenvalue weighted by atomic mass is 16.7. The Morgan fingerprint density at radius 2 is 2.00 bits per heavy atom. The Hall–Kier alpha value is -1.28. The van der Waals surface area contributed by atoms with Crippen LogP contribution in [0.2, 0.25) is 0 Å². The second kappa shape index (κ2) is 3.62. The first-order valence-electron chi connectivity index (χ1n) is 4.31. The zero-order valence-corrected chi connectivity index (χ0v) is 7.51. The minimum Gasteiger partial charge on any atom is -0.472 e. The molecule has 1 aliphatic heterocycles. The largest absolute Gasteiger partial charge is 0.472 e. The summed E-state index contributed by atoms with van der Waals surface area (Å²) < 4.78 is 10.5. The second-order valence-electron chi connectivity index (χ2n) is 3.01. The van der Waals surface area contributed by atoms with E-state index >= 15 is 0 Å². The van der Waals surface area contributed by atoms with Crippen molar-refractivity contribution in [3.05, 3.63) is 48.2 Å². The van der Waals surface area contributed by atoms with Gasteiger partial charge >= 0.3 is 0 Å². The molecule has 1 aromatic rings. The first-order valence-corrected chi connectivity index (χ1v) is 4.31. The minimum absolute atomic E-state index is 0.164. The molecule has 0 saturated heterocycles. The summed E-state index contributed by atoms with van der Waals surface area (Å²) in [5.41, 5.74) is 1.23. The van der Waals surface area contributed by atoms with Crippen LogP contribution in [0.3, 0.4) is 0 Å². The van der Waals surface area contributed by atoms with Crippen LogP contribution >= 0.6 is 0 Å². The zero-order valence-electron chi connectivity index (χ0n) is 7.51. The van der Waals surface area contributed by atoms with Gasteiger partial charge in [-0.05, 0) is 11.6 Å². The number of rotatable bonds is 2. The minimum atomic E-state index is -0.164. The van der Waals surface area contributed by atoms with Crippen molar-refractivity contribution in [1.82, 2.24) is 0 Å². The fourth-order valence-electron chi connectivity index (χ4n) is 1.53. The molecule has 68 valence electrons. The molecule has 0 bridgehead atoms. The van der Waals surface area contributed by atoms with Crippen LogP contribution in [0, 0.1) is 0 Å². The molecule has 1 aromatic carbocycles. The molecule has 0 aliphatic carbocycles. The van der Waals surface area contributed by atoms with Crippen LogP contribution in [0.5, 0.6) is 0 Å². The van der Waals surface area contributed by atoms with Gasteiger partial charge in [-0.15, -0.1) is 0 Å². The number of hydrogen-bond acceptors (Lipinski definition) is 2. The lowest BCUT2D eigenvalue weighted by Crippen LogP contribution is -2.16. The van der Waals surface area contributed by atoms with Crippen molar-refractivity contribution >= 4 is 0 Å². The molecule has 2 rings (SSSR count). The van der Waals surface area contributed by atoms with E-state index in [1.807, 2.05) is 24.3 Å². The van der Waals surface area contributed by atoms with E-state index in [0.717, 1.165) is 0 Å². The van der Waals surface area contributed by atoms with E-state index in [1.54, 1.807) is 13.4 Å². The Morgan fingerprint density at radius 3 is 2.69 bits per heavy atom. The summed E-state index contributed by atoms with van der Waals surface area (Å²) in [6, 6.07) is 10.2. The maximum atomic E-state index is 5.27. The van der Waals surface area contributed by atoms with Gasteiger partial charge in [0.25, 0.3) is 0 Å². The molecule has 0 unspecified atom stereocenters. The summed E-state index contributed by atoms with van der Waals surface area (Å²) in [5, 5.41) is 0. The monoisotopic (exact) mass is 176 g/mol. The number of benzene rings is 1. The first-order chi connectivity index (χ1) is 6.42. The van der Waals surface area contributed by atoms with Crippen LogP contribution in [0.15, 0.2) is 42.7 Å². The number of ether oxygens (including phenoxy) is 2. The Morgan fingerprint density at radius 1 is 1.23 bits per heavy atom. The van der Waals surface area contributed by atoms with Crippen LogP contribution in [-0.4, -0.2) is 13.4 Å². The average molecular weight is 176 g/mol. The Balaban J connectivity index is 2.21. The van der Waals surface area contributed by atoms with Crippen LogP contribution in [0.4, 0.5) is 0 Å². The SMILES string of the molecule is CO[C@@H]1OC=C[C@@H]1c1ccccc1. The maximum Gasteiger partial charge on any atom is 0.209 e. The van der Waals surface area contributed by atoms with Gasteiger partial charge in [0, 0.05) is 7.11 Å². The van der Waals surface area contributed by atoms with E-state index in [1.165, 1.54) is 5.56 Å². The summed E-state index contributed by atoms with van der Waals surface area (Å²) in [4.78, 5) is 0. The molecule has 0 aromatic heterocycles. The predicted octanol–water partition coefficient (Wildman–Crippen LogP) is 2.29. The highest BCUT2D eigenvalue weighted by molar-refractivity contribution is 5.25. The van der Waals surface area contributed by atoms with Crippen molar-refractivity contribution < 1.29 is 9.47 Å². The summed E-state index contributed by atoms with van der Waals surface area (Å²) in [6.45, 7) is 0. The molecule has 0 N–H and O–H groups in total. The lowest BCUT2D eigenvalue weighted by atomic mass is 10.00. The molecule has 1 heterocycles. The van der Waals surface area contributed by atoms with Gasteiger partial charge in [0.15, 0.2) is 0 Å². The summed E-state index contributed by atoms with van der Waals surface area (Å²) in [5.74, 6) is 0.228. The van der Waals surface area contributed by atoms with Gasteiger partial charge in [-0.1, -0.05) is 30.3 Å². The standard InChI is InChI=1S/C11H12O2/c1-12-11-10(7-8-13-11)9-5-3-2-4-6-9/h2-8,10-11H,1H3/t10-,11-/m1/s1. The highest BCUT2D eigenvalue weighted by Gasteiger charge is 2.25. The normalized spacial score (nSPS) is 25.9. The molecular formula is C11H12O2. The maximum absolute atomic E-state index is 5.27. The highest BCUT2D eigenvalue weighted by Crippen LogP contribution is 2.28. The third kappa shape index (κ3) is 1.58. The smallest absolute Gasteiger partial charge is 0.209 e. The topological polar surface area (TPSA) is 18.5 Å². The van der Waals surface area contributed by atoms with E-state index in [-0.39, 0.29) is 12.2 Å². The van der Waals surface area contributed by atoms with Crippen molar-refractivity contribution in [1.29, 1.82) is 0 Å². The van der Waals surface area contributed by atoms with Gasteiger partial charge in [-0.25, -0.2) is 0 Å². The average Bonchev–Trinajstić information content (AvgIpc) is 2.67. The molecule has 2 nitrogen and oxygen atoms in total. The molecule has 0 spiro atoms. The molecule has 0 amide bonds. The van der Waals surface area contributed by atoms with Crippen LogP contribution in [0.25, 0.3) is 0 Å². The lowest BCUT2D eigenvalue weighted by molar-refractivity contribution is -0.0763. The first kappa shape index (κ1) is 8.32. The van der Waals surface area contributed by atoms with Crippen molar-refractivity contribution in [3.8, 4) is 0 Å². The van der Waals surface area contributed by atoms with Crippen molar-refractivity contribution in [2.24, 2.45) is 0 Å². The van der Waals surface area contributed by atoms with Crippen molar-refractivity contribution in [3.63, 3.8) is 0 Å². The molecule has 13 heavy (non-hydrogen) atoms. The molecule has 1 aliphatic rings. The second-order valence-corrected chi connectivity index (χ2v) is 3.01. The van der Waals surface area contributed by atoms with E-state index in [4.69, 9.17) is 9.47 Å². The van der Waals surface area contributed by atoms with Crippen LogP contribution in [-0.2, 0) is 9.47 Å². The summed E-state index contributed by atoms with van der Waals surface area (Å²) in [7, 11) is 1.66. The molecule has 0 radical (unpaired) electrons.